The molecule has 152 valence electrons. The van der Waals surface area contributed by atoms with Crippen LogP contribution in [0.1, 0.15) is 38.1 Å². The fraction of sp³-hybridized carbons (Fsp3) is 0.261. The Bertz CT molecular complexity index is 1240. The van der Waals surface area contributed by atoms with Crippen molar-refractivity contribution in [2.24, 2.45) is 0 Å². The Labute approximate surface area is 186 Å². The smallest absolute Gasteiger partial charge is 0.350 e. The van der Waals surface area contributed by atoms with E-state index < -0.39 is 0 Å². The molecule has 2 aromatic carbocycles. The number of para-hydroxylation sites is 1. The van der Waals surface area contributed by atoms with Gasteiger partial charge < -0.3 is 4.42 Å². The maximum atomic E-state index is 12.6. The first-order chi connectivity index (χ1) is 14.7. The molecule has 2 heterocycles. The third kappa shape index (κ3) is 3.84. The minimum absolute atomic E-state index is 0.336. The van der Waals surface area contributed by atoms with Gasteiger partial charge in [-0.25, -0.2) is 4.79 Å². The second kappa shape index (κ2) is 8.40. The van der Waals surface area contributed by atoms with Gasteiger partial charge in [-0.15, -0.1) is 10.2 Å². The van der Waals surface area contributed by atoms with Crippen molar-refractivity contribution < 1.29 is 4.42 Å². The highest BCUT2D eigenvalue weighted by atomic mass is 79.9. The van der Waals surface area contributed by atoms with E-state index in [1.54, 1.807) is 6.07 Å². The summed E-state index contributed by atoms with van der Waals surface area (Å²) in [5.41, 5.74) is 1.27. The van der Waals surface area contributed by atoms with Gasteiger partial charge in [0.05, 0.1) is 0 Å². The molecular weight excluding hydrogens is 462 g/mol. The summed E-state index contributed by atoms with van der Waals surface area (Å²) < 4.78 is 8.77. The van der Waals surface area contributed by atoms with Gasteiger partial charge >= 0.3 is 5.63 Å². The van der Waals surface area contributed by atoms with E-state index in [9.17, 15) is 4.79 Å². The van der Waals surface area contributed by atoms with Crippen LogP contribution in [0.5, 0.6) is 0 Å². The molecule has 1 saturated carbocycles. The molecule has 0 bridgehead atoms. The van der Waals surface area contributed by atoms with Gasteiger partial charge in [0.15, 0.2) is 11.0 Å². The van der Waals surface area contributed by atoms with Crippen molar-refractivity contribution in [3.63, 3.8) is 0 Å². The van der Waals surface area contributed by atoms with E-state index in [1.165, 1.54) is 31.0 Å². The minimum Gasteiger partial charge on any atom is -0.422 e. The topological polar surface area (TPSA) is 60.9 Å². The first-order valence-electron chi connectivity index (χ1n) is 10.1. The Hall–Kier alpha value is -2.38. The van der Waals surface area contributed by atoms with Crippen LogP contribution in [0.15, 0.2) is 78.3 Å². The number of aromatic nitrogens is 3. The quantitative estimate of drug-likeness (QED) is 0.312. The lowest BCUT2D eigenvalue weighted by Gasteiger charge is -2.25. The summed E-state index contributed by atoms with van der Waals surface area (Å²) in [5.74, 6) is 0.849. The van der Waals surface area contributed by atoms with Crippen LogP contribution in [0.3, 0.4) is 0 Å². The minimum atomic E-state index is -0.345. The molecule has 2 aromatic heterocycles. The molecule has 1 aliphatic rings. The molecule has 0 unspecified atom stereocenters. The maximum Gasteiger partial charge on any atom is 0.350 e. The summed E-state index contributed by atoms with van der Waals surface area (Å²) >= 11 is 4.84. The van der Waals surface area contributed by atoms with Crippen molar-refractivity contribution in [1.82, 2.24) is 14.8 Å². The molecule has 30 heavy (non-hydrogen) atoms. The molecule has 1 fully saturated rings. The van der Waals surface area contributed by atoms with E-state index in [4.69, 9.17) is 4.42 Å². The average Bonchev–Trinajstić information content (AvgIpc) is 3.19. The van der Waals surface area contributed by atoms with Gasteiger partial charge in [-0.3, -0.25) is 4.57 Å². The molecule has 0 saturated heterocycles. The molecule has 0 N–H and O–H groups in total. The number of hydrogen-bond donors (Lipinski definition) is 0. The Morgan fingerprint density at radius 2 is 1.77 bits per heavy atom. The lowest BCUT2D eigenvalue weighted by Crippen LogP contribution is -2.15. The van der Waals surface area contributed by atoms with Gasteiger partial charge in [0, 0.05) is 21.5 Å². The second-order valence-corrected chi connectivity index (χ2v) is 9.44. The molecule has 0 aliphatic heterocycles. The van der Waals surface area contributed by atoms with E-state index in [0.29, 0.717) is 16.5 Å². The summed E-state index contributed by atoms with van der Waals surface area (Å²) in [5, 5.41) is 10.7. The summed E-state index contributed by atoms with van der Waals surface area (Å²) in [7, 11) is 0. The predicted octanol–water partition coefficient (Wildman–Crippen LogP) is 6.47. The van der Waals surface area contributed by atoms with E-state index in [1.807, 2.05) is 48.5 Å². The highest BCUT2D eigenvalue weighted by Gasteiger charge is 2.25. The van der Waals surface area contributed by atoms with Crippen LogP contribution in [-0.4, -0.2) is 14.8 Å². The van der Waals surface area contributed by atoms with Gasteiger partial charge in [-0.2, -0.15) is 0 Å². The van der Waals surface area contributed by atoms with E-state index in [2.05, 4.69) is 30.7 Å². The molecule has 0 radical (unpaired) electrons. The third-order valence-electron chi connectivity index (χ3n) is 5.52. The van der Waals surface area contributed by atoms with Crippen molar-refractivity contribution in [2.45, 2.75) is 48.2 Å². The largest absolute Gasteiger partial charge is 0.422 e. The highest BCUT2D eigenvalue weighted by Crippen LogP contribution is 2.37. The molecule has 5 nitrogen and oxygen atoms in total. The van der Waals surface area contributed by atoms with Crippen LogP contribution in [0.2, 0.25) is 0 Å². The molecule has 0 atom stereocenters. The molecular formula is C23H20BrN3O2S. The van der Waals surface area contributed by atoms with Crippen LogP contribution in [0.4, 0.5) is 0 Å². The lowest BCUT2D eigenvalue weighted by molar-refractivity contribution is 0.339. The number of hydrogen-bond acceptors (Lipinski definition) is 5. The van der Waals surface area contributed by atoms with Crippen LogP contribution >= 0.6 is 27.7 Å². The Morgan fingerprint density at radius 1 is 1.00 bits per heavy atom. The van der Waals surface area contributed by atoms with Crippen molar-refractivity contribution in [1.29, 1.82) is 0 Å². The monoisotopic (exact) mass is 481 g/mol. The second-order valence-electron chi connectivity index (χ2n) is 7.51. The van der Waals surface area contributed by atoms with Gasteiger partial charge in [0.2, 0.25) is 0 Å². The van der Waals surface area contributed by atoms with Gasteiger partial charge in [0.25, 0.3) is 0 Å². The number of nitrogens with zero attached hydrogens (tertiary/aromatic N) is 3. The fourth-order valence-electron chi connectivity index (χ4n) is 4.02. The summed E-state index contributed by atoms with van der Waals surface area (Å²) in [6, 6.07) is 17.9. The zero-order valence-electron chi connectivity index (χ0n) is 16.3. The molecule has 7 heteroatoms. The fourth-order valence-corrected chi connectivity index (χ4v) is 5.21. The molecule has 5 rings (SSSR count). The van der Waals surface area contributed by atoms with Crippen molar-refractivity contribution in [3.05, 3.63) is 69.5 Å². The molecule has 0 amide bonds. The van der Waals surface area contributed by atoms with Gasteiger partial charge in [0.1, 0.15) is 10.5 Å². The number of benzene rings is 2. The standard InChI is InChI=1S/C23H20BrN3O2S/c24-17-12-10-15(11-13-17)21-25-26-23(27(21)18-7-2-1-3-8-18)30-20-14-16-6-4-5-9-19(16)29-22(20)28/h4-6,9-14,18H,1-3,7-8H2. The lowest BCUT2D eigenvalue weighted by atomic mass is 9.95. The van der Waals surface area contributed by atoms with Crippen LogP contribution in [0, 0.1) is 0 Å². The van der Waals surface area contributed by atoms with Gasteiger partial charge in [-0.1, -0.05) is 65.5 Å². The molecule has 1 aliphatic carbocycles. The average molecular weight is 482 g/mol. The third-order valence-corrected chi connectivity index (χ3v) is 7.01. The maximum absolute atomic E-state index is 12.6. The van der Waals surface area contributed by atoms with Crippen LogP contribution in [-0.2, 0) is 0 Å². The van der Waals surface area contributed by atoms with E-state index in [-0.39, 0.29) is 5.63 Å². The molecule has 4 aromatic rings. The van der Waals surface area contributed by atoms with E-state index in [0.717, 1.165) is 39.2 Å². The summed E-state index contributed by atoms with van der Waals surface area (Å²) in [4.78, 5) is 13.1. The first kappa shape index (κ1) is 19.6. The Morgan fingerprint density at radius 3 is 2.57 bits per heavy atom. The zero-order valence-corrected chi connectivity index (χ0v) is 18.7. The SMILES string of the molecule is O=c1oc2ccccc2cc1Sc1nnc(-c2ccc(Br)cc2)n1C1CCCCC1. The number of fused-ring (bicyclic) bond motifs is 1. The number of rotatable bonds is 4. The van der Waals surface area contributed by atoms with Crippen LogP contribution in [0.25, 0.3) is 22.4 Å². The first-order valence-corrected chi connectivity index (χ1v) is 11.7. The Kier molecular flexibility index (Phi) is 5.48. The summed E-state index contributed by atoms with van der Waals surface area (Å²) in [6.07, 6.45) is 5.86. The molecule has 0 spiro atoms. The Balaban J connectivity index is 1.59. The van der Waals surface area contributed by atoms with Crippen LogP contribution < -0.4 is 5.63 Å². The van der Waals surface area contributed by atoms with E-state index >= 15 is 0 Å². The highest BCUT2D eigenvalue weighted by molar-refractivity contribution is 9.10. The normalized spacial score (nSPS) is 15.0. The zero-order chi connectivity index (χ0) is 20.5. The number of halogens is 1. The van der Waals surface area contributed by atoms with Gasteiger partial charge in [-0.05, 0) is 48.9 Å². The predicted molar refractivity (Wildman–Crippen MR) is 122 cm³/mol. The van der Waals surface area contributed by atoms with Crippen molar-refractivity contribution >= 4 is 38.7 Å². The van der Waals surface area contributed by atoms with Crippen molar-refractivity contribution in [2.75, 3.05) is 0 Å². The van der Waals surface area contributed by atoms with Crippen molar-refractivity contribution in [3.8, 4) is 11.4 Å². The summed E-state index contributed by atoms with van der Waals surface area (Å²) in [6.45, 7) is 0.